The van der Waals surface area contributed by atoms with E-state index in [9.17, 15) is 19.2 Å². The van der Waals surface area contributed by atoms with Crippen molar-refractivity contribution in [2.75, 3.05) is 13.2 Å². The molecule has 0 saturated carbocycles. The van der Waals surface area contributed by atoms with Crippen molar-refractivity contribution in [1.29, 1.82) is 0 Å². The smallest absolute Gasteiger partial charge is 0.326 e. The Morgan fingerprint density at radius 3 is 2.33 bits per heavy atom. The maximum Gasteiger partial charge on any atom is 0.326 e. The zero-order valence-electron chi connectivity index (χ0n) is 15.8. The van der Waals surface area contributed by atoms with Crippen LogP contribution in [0.4, 0.5) is 4.79 Å². The molecule has 2 N–H and O–H groups in total. The van der Waals surface area contributed by atoms with Gasteiger partial charge in [0, 0.05) is 6.54 Å². The molecule has 1 heterocycles. The standard InChI is InChI=1S/C19H25N3O5/c1-4-19(5-2)17(25)22(18(26)21-19)11-16(24)27-12-15(23)20-10-14-8-6-13(3)7-9-14/h6-9H,4-5,10-12H2,1-3H3,(H,20,23)(H,21,26). The number of ether oxygens (including phenoxy) is 1. The molecular weight excluding hydrogens is 350 g/mol. The lowest BCUT2D eigenvalue weighted by Crippen LogP contribution is -2.46. The van der Waals surface area contributed by atoms with Crippen LogP contribution in [-0.4, -0.2) is 47.4 Å². The Hall–Kier alpha value is -2.90. The minimum absolute atomic E-state index is 0.319. The molecule has 1 aromatic carbocycles. The molecule has 1 aliphatic heterocycles. The van der Waals surface area contributed by atoms with E-state index in [-0.39, 0.29) is 0 Å². The van der Waals surface area contributed by atoms with Gasteiger partial charge in [0.25, 0.3) is 11.8 Å². The van der Waals surface area contributed by atoms with Gasteiger partial charge in [0.05, 0.1) is 0 Å². The summed E-state index contributed by atoms with van der Waals surface area (Å²) in [5.41, 5.74) is 1.08. The van der Waals surface area contributed by atoms with E-state index >= 15 is 0 Å². The van der Waals surface area contributed by atoms with Crippen molar-refractivity contribution in [2.45, 2.75) is 45.7 Å². The van der Waals surface area contributed by atoms with Crippen molar-refractivity contribution in [3.05, 3.63) is 35.4 Å². The van der Waals surface area contributed by atoms with Gasteiger partial charge < -0.3 is 15.4 Å². The van der Waals surface area contributed by atoms with Crippen LogP contribution in [0.1, 0.15) is 37.8 Å². The Balaban J connectivity index is 1.78. The second kappa shape index (κ2) is 8.66. The van der Waals surface area contributed by atoms with Crippen LogP contribution in [0.3, 0.4) is 0 Å². The van der Waals surface area contributed by atoms with E-state index in [0.29, 0.717) is 19.4 Å². The lowest BCUT2D eigenvalue weighted by molar-refractivity contribution is -0.151. The second-order valence-corrected chi connectivity index (χ2v) is 6.53. The number of hydrogen-bond acceptors (Lipinski definition) is 5. The fraction of sp³-hybridized carbons (Fsp3) is 0.474. The van der Waals surface area contributed by atoms with Gasteiger partial charge in [-0.1, -0.05) is 43.7 Å². The lowest BCUT2D eigenvalue weighted by atomic mass is 9.93. The van der Waals surface area contributed by atoms with Gasteiger partial charge in [0.15, 0.2) is 6.61 Å². The minimum atomic E-state index is -0.969. The number of nitrogens with zero attached hydrogens (tertiary/aromatic N) is 1. The van der Waals surface area contributed by atoms with Crippen LogP contribution >= 0.6 is 0 Å². The molecule has 8 heteroatoms. The van der Waals surface area contributed by atoms with Crippen LogP contribution < -0.4 is 10.6 Å². The summed E-state index contributed by atoms with van der Waals surface area (Å²) in [6, 6.07) is 7.04. The van der Waals surface area contributed by atoms with E-state index in [0.717, 1.165) is 16.0 Å². The highest BCUT2D eigenvalue weighted by Gasteiger charge is 2.49. The Labute approximate surface area is 158 Å². The zero-order valence-corrected chi connectivity index (χ0v) is 15.8. The SMILES string of the molecule is CCC1(CC)NC(=O)N(CC(=O)OCC(=O)NCc2ccc(C)cc2)C1=O. The molecule has 27 heavy (non-hydrogen) atoms. The fourth-order valence-electron chi connectivity index (χ4n) is 2.83. The maximum atomic E-state index is 12.4. The molecule has 0 bridgehead atoms. The van der Waals surface area contributed by atoms with E-state index in [4.69, 9.17) is 4.74 Å². The molecule has 1 saturated heterocycles. The molecule has 0 aromatic heterocycles. The molecule has 8 nitrogen and oxygen atoms in total. The predicted molar refractivity (Wildman–Crippen MR) is 97.5 cm³/mol. The van der Waals surface area contributed by atoms with Crippen LogP contribution in [0.2, 0.25) is 0 Å². The molecule has 0 radical (unpaired) electrons. The Kier molecular flexibility index (Phi) is 6.55. The molecule has 2 rings (SSSR count). The van der Waals surface area contributed by atoms with Gasteiger partial charge in [-0.05, 0) is 25.3 Å². The van der Waals surface area contributed by atoms with E-state index in [1.54, 1.807) is 13.8 Å². The first-order chi connectivity index (χ1) is 12.8. The number of rotatable bonds is 8. The molecular formula is C19H25N3O5. The summed E-state index contributed by atoms with van der Waals surface area (Å²) in [7, 11) is 0. The average Bonchev–Trinajstić information content (AvgIpc) is 2.90. The number of carbonyl (C=O) groups is 4. The van der Waals surface area contributed by atoms with Crippen LogP contribution in [0, 0.1) is 6.92 Å². The van der Waals surface area contributed by atoms with Crippen LogP contribution in [-0.2, 0) is 25.7 Å². The average molecular weight is 375 g/mol. The quantitative estimate of drug-likeness (QED) is 0.526. The van der Waals surface area contributed by atoms with Gasteiger partial charge >= 0.3 is 12.0 Å². The number of hydrogen-bond donors (Lipinski definition) is 2. The fourth-order valence-corrected chi connectivity index (χ4v) is 2.83. The number of imide groups is 1. The maximum absolute atomic E-state index is 12.4. The number of esters is 1. The van der Waals surface area contributed by atoms with E-state index < -0.39 is 42.5 Å². The number of amides is 4. The van der Waals surface area contributed by atoms with Crippen molar-refractivity contribution in [3.63, 3.8) is 0 Å². The first-order valence-corrected chi connectivity index (χ1v) is 8.93. The Morgan fingerprint density at radius 1 is 1.15 bits per heavy atom. The second-order valence-electron chi connectivity index (χ2n) is 6.53. The molecule has 0 spiro atoms. The highest BCUT2D eigenvalue weighted by Crippen LogP contribution is 2.24. The molecule has 0 aliphatic carbocycles. The molecule has 4 amide bonds. The third kappa shape index (κ3) is 4.84. The number of benzene rings is 1. The first kappa shape index (κ1) is 20.4. The molecule has 1 aromatic rings. The van der Waals surface area contributed by atoms with Gasteiger partial charge in [-0.25, -0.2) is 4.79 Å². The molecule has 0 atom stereocenters. The molecule has 1 fully saturated rings. The zero-order chi connectivity index (χ0) is 20.0. The third-order valence-corrected chi connectivity index (χ3v) is 4.71. The van der Waals surface area contributed by atoms with Crippen molar-refractivity contribution in [3.8, 4) is 0 Å². The van der Waals surface area contributed by atoms with Gasteiger partial charge in [-0.2, -0.15) is 0 Å². The van der Waals surface area contributed by atoms with Crippen LogP contribution in [0.25, 0.3) is 0 Å². The summed E-state index contributed by atoms with van der Waals surface area (Å²) in [6.07, 6.45) is 0.863. The topological polar surface area (TPSA) is 105 Å². The summed E-state index contributed by atoms with van der Waals surface area (Å²) in [6.45, 7) is 4.89. The van der Waals surface area contributed by atoms with Gasteiger partial charge in [0.2, 0.25) is 0 Å². The number of carbonyl (C=O) groups excluding carboxylic acids is 4. The summed E-state index contributed by atoms with van der Waals surface area (Å²) in [4.78, 5) is 48.9. The normalized spacial score (nSPS) is 15.4. The van der Waals surface area contributed by atoms with E-state index in [2.05, 4.69) is 10.6 Å². The third-order valence-electron chi connectivity index (χ3n) is 4.71. The van der Waals surface area contributed by atoms with Gasteiger partial charge in [-0.3, -0.25) is 19.3 Å². The number of urea groups is 1. The summed E-state index contributed by atoms with van der Waals surface area (Å²) in [5, 5.41) is 5.27. The minimum Gasteiger partial charge on any atom is -0.454 e. The highest BCUT2D eigenvalue weighted by molar-refractivity contribution is 6.08. The van der Waals surface area contributed by atoms with Crippen LogP contribution in [0.15, 0.2) is 24.3 Å². The van der Waals surface area contributed by atoms with Gasteiger partial charge in [0.1, 0.15) is 12.1 Å². The lowest BCUT2D eigenvalue weighted by Gasteiger charge is -2.22. The summed E-state index contributed by atoms with van der Waals surface area (Å²) in [5.74, 6) is -1.72. The van der Waals surface area contributed by atoms with Gasteiger partial charge in [-0.15, -0.1) is 0 Å². The van der Waals surface area contributed by atoms with Crippen LogP contribution in [0.5, 0.6) is 0 Å². The molecule has 0 unspecified atom stereocenters. The summed E-state index contributed by atoms with van der Waals surface area (Å²) >= 11 is 0. The number of nitrogens with one attached hydrogen (secondary N) is 2. The largest absolute Gasteiger partial charge is 0.454 e. The predicted octanol–water partition coefficient (Wildman–Crippen LogP) is 1.27. The van der Waals surface area contributed by atoms with Crippen molar-refractivity contribution in [1.82, 2.24) is 15.5 Å². The number of aryl methyl sites for hydroxylation is 1. The van der Waals surface area contributed by atoms with Crippen molar-refractivity contribution < 1.29 is 23.9 Å². The first-order valence-electron chi connectivity index (χ1n) is 8.93. The van der Waals surface area contributed by atoms with E-state index in [1.807, 2.05) is 31.2 Å². The Bertz CT molecular complexity index is 725. The Morgan fingerprint density at radius 2 is 1.78 bits per heavy atom. The summed E-state index contributed by atoms with van der Waals surface area (Å²) < 4.78 is 4.88. The van der Waals surface area contributed by atoms with E-state index in [1.165, 1.54) is 0 Å². The highest BCUT2D eigenvalue weighted by atomic mass is 16.5. The molecule has 1 aliphatic rings. The molecule has 146 valence electrons. The van der Waals surface area contributed by atoms with Crippen molar-refractivity contribution >= 4 is 23.8 Å². The monoisotopic (exact) mass is 375 g/mol. The van der Waals surface area contributed by atoms with Crippen molar-refractivity contribution in [2.24, 2.45) is 0 Å².